The second-order valence-corrected chi connectivity index (χ2v) is 6.36. The van der Waals surface area contributed by atoms with Crippen LogP contribution < -0.4 is 0 Å². The van der Waals surface area contributed by atoms with E-state index >= 15 is 0 Å². The number of rotatable bonds is 11. The van der Waals surface area contributed by atoms with Gasteiger partial charge in [-0.3, -0.25) is 0 Å². The maximum absolute atomic E-state index is 6.15. The van der Waals surface area contributed by atoms with Crippen LogP contribution in [-0.2, 0) is 6.42 Å². The number of hydrogen-bond acceptors (Lipinski definition) is 0. The molecule has 0 radical (unpaired) electrons. The zero-order chi connectivity index (χ0) is 14.6. The van der Waals surface area contributed by atoms with Crippen LogP contribution in [-0.4, -0.2) is 0 Å². The predicted molar refractivity (Wildman–Crippen MR) is 91.7 cm³/mol. The lowest BCUT2D eigenvalue weighted by Gasteiger charge is -2.07. The van der Waals surface area contributed by atoms with E-state index in [-0.39, 0.29) is 0 Å². The zero-order valence-corrected chi connectivity index (χ0v) is 14.1. The molecule has 114 valence electrons. The van der Waals surface area contributed by atoms with Crippen LogP contribution in [0.15, 0.2) is 18.2 Å². The molecule has 0 aliphatic rings. The first-order chi connectivity index (χ1) is 9.75. The molecule has 1 rings (SSSR count). The Morgan fingerprint density at radius 2 is 1.35 bits per heavy atom. The summed E-state index contributed by atoms with van der Waals surface area (Å²) in [6, 6.07) is 6.27. The third-order valence-corrected chi connectivity index (χ3v) is 4.59. The van der Waals surface area contributed by atoms with E-state index in [2.05, 4.69) is 26.0 Å². The second-order valence-electron chi connectivity index (χ2n) is 5.96. The zero-order valence-electron chi connectivity index (χ0n) is 13.4. The fraction of sp³-hybridized carbons (Fsp3) is 0.684. The third kappa shape index (κ3) is 7.33. The number of halogens is 1. The first kappa shape index (κ1) is 17.6. The molecule has 0 spiro atoms. The van der Waals surface area contributed by atoms with E-state index in [0.717, 1.165) is 5.02 Å². The molecule has 0 N–H and O–H groups in total. The number of aryl methyl sites for hydroxylation is 1. The lowest BCUT2D eigenvalue weighted by Crippen LogP contribution is -1.91. The molecule has 0 unspecified atom stereocenters. The average Bonchev–Trinajstić information content (AvgIpc) is 2.45. The van der Waals surface area contributed by atoms with Gasteiger partial charge in [0.25, 0.3) is 0 Å². The Bertz CT molecular complexity index is 357. The van der Waals surface area contributed by atoms with Crippen LogP contribution in [0.4, 0.5) is 0 Å². The molecule has 0 heterocycles. The van der Waals surface area contributed by atoms with Gasteiger partial charge in [0.1, 0.15) is 0 Å². The van der Waals surface area contributed by atoms with Crippen LogP contribution in [0.25, 0.3) is 0 Å². The quantitative estimate of drug-likeness (QED) is 0.381. The first-order valence-corrected chi connectivity index (χ1v) is 8.87. The smallest absolute Gasteiger partial charge is 0.0437 e. The minimum Gasteiger partial charge on any atom is -0.0840 e. The molecule has 1 heteroatoms. The van der Waals surface area contributed by atoms with Crippen molar-refractivity contribution in [2.75, 3.05) is 0 Å². The van der Waals surface area contributed by atoms with Crippen molar-refractivity contribution in [1.82, 2.24) is 0 Å². The van der Waals surface area contributed by atoms with E-state index in [4.69, 9.17) is 11.6 Å². The van der Waals surface area contributed by atoms with E-state index in [9.17, 15) is 0 Å². The summed E-state index contributed by atoms with van der Waals surface area (Å²) in [5.74, 6) is 0. The highest BCUT2D eigenvalue weighted by Gasteiger charge is 2.01. The SMILES string of the molecule is CCCCCCCCCCCCc1cccc(Cl)c1C. The van der Waals surface area contributed by atoms with Crippen LogP contribution in [0.1, 0.15) is 82.3 Å². The Labute approximate surface area is 130 Å². The molecule has 0 atom stereocenters. The van der Waals surface area contributed by atoms with E-state index in [1.807, 2.05) is 6.07 Å². The predicted octanol–water partition coefficient (Wildman–Crippen LogP) is 7.11. The largest absolute Gasteiger partial charge is 0.0840 e. The van der Waals surface area contributed by atoms with Crippen molar-refractivity contribution >= 4 is 11.6 Å². The van der Waals surface area contributed by atoms with Crippen molar-refractivity contribution in [3.05, 3.63) is 34.3 Å². The van der Waals surface area contributed by atoms with Crippen molar-refractivity contribution in [3.8, 4) is 0 Å². The Morgan fingerprint density at radius 3 is 1.95 bits per heavy atom. The molecule has 0 aromatic heterocycles. The van der Waals surface area contributed by atoms with E-state index in [1.165, 1.54) is 81.8 Å². The Morgan fingerprint density at radius 1 is 0.800 bits per heavy atom. The summed E-state index contributed by atoms with van der Waals surface area (Å²) >= 11 is 6.15. The molecular formula is C19H31Cl. The molecule has 0 nitrogen and oxygen atoms in total. The Kier molecular flexibility index (Phi) is 9.83. The van der Waals surface area contributed by atoms with Gasteiger partial charge in [-0.2, -0.15) is 0 Å². The fourth-order valence-corrected chi connectivity index (χ4v) is 2.92. The van der Waals surface area contributed by atoms with Crippen molar-refractivity contribution < 1.29 is 0 Å². The summed E-state index contributed by atoms with van der Waals surface area (Å²) in [5, 5.41) is 0.912. The topological polar surface area (TPSA) is 0 Å². The number of hydrogen-bond donors (Lipinski definition) is 0. The van der Waals surface area contributed by atoms with Gasteiger partial charge < -0.3 is 0 Å². The maximum atomic E-state index is 6.15. The van der Waals surface area contributed by atoms with Gasteiger partial charge in [-0.05, 0) is 37.0 Å². The summed E-state index contributed by atoms with van der Waals surface area (Å²) in [6.07, 6.45) is 15.2. The van der Waals surface area contributed by atoms with Gasteiger partial charge in [-0.25, -0.2) is 0 Å². The van der Waals surface area contributed by atoms with Crippen LogP contribution >= 0.6 is 11.6 Å². The summed E-state index contributed by atoms with van der Waals surface area (Å²) in [7, 11) is 0. The minimum absolute atomic E-state index is 0.912. The van der Waals surface area contributed by atoms with Gasteiger partial charge in [0.05, 0.1) is 0 Å². The minimum atomic E-state index is 0.912. The van der Waals surface area contributed by atoms with Crippen LogP contribution in [0.2, 0.25) is 5.02 Å². The Balaban J connectivity index is 1.98. The lowest BCUT2D eigenvalue weighted by molar-refractivity contribution is 0.556. The molecule has 0 amide bonds. The summed E-state index contributed by atoms with van der Waals surface area (Å²) in [5.41, 5.74) is 2.70. The molecule has 0 aliphatic carbocycles. The first-order valence-electron chi connectivity index (χ1n) is 8.49. The molecule has 1 aromatic carbocycles. The van der Waals surface area contributed by atoms with Gasteiger partial charge in [-0.15, -0.1) is 0 Å². The van der Waals surface area contributed by atoms with Gasteiger partial charge in [0, 0.05) is 5.02 Å². The van der Waals surface area contributed by atoms with Gasteiger partial charge in [0.2, 0.25) is 0 Å². The van der Waals surface area contributed by atoms with E-state index < -0.39 is 0 Å². The maximum Gasteiger partial charge on any atom is 0.0437 e. The Hall–Kier alpha value is -0.490. The summed E-state index contributed by atoms with van der Waals surface area (Å²) < 4.78 is 0. The van der Waals surface area contributed by atoms with Crippen molar-refractivity contribution in [2.24, 2.45) is 0 Å². The van der Waals surface area contributed by atoms with Gasteiger partial charge in [0.15, 0.2) is 0 Å². The second kappa shape index (κ2) is 11.2. The molecule has 20 heavy (non-hydrogen) atoms. The number of benzene rings is 1. The molecule has 0 fully saturated rings. The van der Waals surface area contributed by atoms with Gasteiger partial charge in [-0.1, -0.05) is 88.4 Å². The van der Waals surface area contributed by atoms with Crippen molar-refractivity contribution in [2.45, 2.75) is 84.5 Å². The van der Waals surface area contributed by atoms with Crippen molar-refractivity contribution in [1.29, 1.82) is 0 Å². The highest BCUT2D eigenvalue weighted by Crippen LogP contribution is 2.20. The standard InChI is InChI=1S/C19H31Cl/c1-3-4-5-6-7-8-9-10-11-12-14-18-15-13-16-19(20)17(18)2/h13,15-16H,3-12,14H2,1-2H3. The summed E-state index contributed by atoms with van der Waals surface area (Å²) in [4.78, 5) is 0. The summed E-state index contributed by atoms with van der Waals surface area (Å²) in [6.45, 7) is 4.41. The lowest BCUT2D eigenvalue weighted by atomic mass is 10.0. The highest BCUT2D eigenvalue weighted by atomic mass is 35.5. The average molecular weight is 295 g/mol. The van der Waals surface area contributed by atoms with Crippen LogP contribution in [0.5, 0.6) is 0 Å². The molecule has 0 saturated heterocycles. The molecule has 0 saturated carbocycles. The molecule has 1 aromatic rings. The van der Waals surface area contributed by atoms with Crippen LogP contribution in [0.3, 0.4) is 0 Å². The van der Waals surface area contributed by atoms with Crippen LogP contribution in [0, 0.1) is 6.92 Å². The van der Waals surface area contributed by atoms with Gasteiger partial charge >= 0.3 is 0 Å². The van der Waals surface area contributed by atoms with Crippen molar-refractivity contribution in [3.63, 3.8) is 0 Å². The van der Waals surface area contributed by atoms with E-state index in [1.54, 1.807) is 0 Å². The normalized spacial score (nSPS) is 10.9. The third-order valence-electron chi connectivity index (χ3n) is 4.18. The number of unbranched alkanes of at least 4 members (excludes halogenated alkanes) is 9. The monoisotopic (exact) mass is 294 g/mol. The fourth-order valence-electron chi connectivity index (χ4n) is 2.73. The highest BCUT2D eigenvalue weighted by molar-refractivity contribution is 6.31. The molecular weight excluding hydrogens is 264 g/mol. The molecule has 0 bridgehead atoms. The van der Waals surface area contributed by atoms with E-state index in [0.29, 0.717) is 0 Å². The molecule has 0 aliphatic heterocycles.